The summed E-state index contributed by atoms with van der Waals surface area (Å²) < 4.78 is 0. The van der Waals surface area contributed by atoms with Crippen LogP contribution in [0.15, 0.2) is 18.2 Å². The van der Waals surface area contributed by atoms with Gasteiger partial charge < -0.3 is 10.2 Å². The van der Waals surface area contributed by atoms with Gasteiger partial charge in [0.25, 0.3) is 0 Å². The third-order valence-electron chi connectivity index (χ3n) is 4.17. The second kappa shape index (κ2) is 8.35. The lowest BCUT2D eigenvalue weighted by Gasteiger charge is -2.32. The fraction of sp³-hybridized carbons (Fsp3) is 0.625. The molecule has 0 saturated carbocycles. The third kappa shape index (κ3) is 5.11. The van der Waals surface area contributed by atoms with E-state index < -0.39 is 0 Å². The van der Waals surface area contributed by atoms with Crippen LogP contribution in [0.1, 0.15) is 24.9 Å². The highest BCUT2D eigenvalue weighted by Gasteiger charge is 2.14. The first-order valence-corrected chi connectivity index (χ1v) is 8.45. The van der Waals surface area contributed by atoms with Crippen LogP contribution >= 0.6 is 23.2 Å². The molecule has 0 aromatic heterocycles. The molecule has 0 radical (unpaired) electrons. The molecule has 1 saturated heterocycles. The van der Waals surface area contributed by atoms with E-state index in [4.69, 9.17) is 23.2 Å². The summed E-state index contributed by atoms with van der Waals surface area (Å²) in [5, 5.41) is 4.89. The number of likely N-dealkylation sites (N-methyl/N-ethyl adjacent to an activating group) is 1. The molecule has 1 aromatic carbocycles. The maximum Gasteiger partial charge on any atom is 0.0595 e. The van der Waals surface area contributed by atoms with E-state index in [-0.39, 0.29) is 0 Å². The molecule has 1 aliphatic rings. The molecule has 0 aliphatic carbocycles. The van der Waals surface area contributed by atoms with Gasteiger partial charge in [0, 0.05) is 45.3 Å². The lowest BCUT2D eigenvalue weighted by atomic mass is 10.0. The zero-order chi connectivity index (χ0) is 15.2. The van der Waals surface area contributed by atoms with Crippen LogP contribution < -0.4 is 5.32 Å². The molecule has 3 nitrogen and oxygen atoms in total. The molecular formula is C16H25Cl2N3. The van der Waals surface area contributed by atoms with Crippen LogP contribution in [0.25, 0.3) is 0 Å². The number of nitrogens with zero attached hydrogens (tertiary/aromatic N) is 2. The van der Waals surface area contributed by atoms with Gasteiger partial charge in [-0.2, -0.15) is 0 Å². The highest BCUT2D eigenvalue weighted by molar-refractivity contribution is 6.42. The number of rotatable bonds is 6. The first-order chi connectivity index (χ1) is 10.1. The van der Waals surface area contributed by atoms with Crippen LogP contribution in [0.3, 0.4) is 0 Å². The van der Waals surface area contributed by atoms with Crippen molar-refractivity contribution in [3.8, 4) is 0 Å². The summed E-state index contributed by atoms with van der Waals surface area (Å²) in [6.07, 6.45) is 1.04. The highest BCUT2D eigenvalue weighted by atomic mass is 35.5. The third-order valence-corrected chi connectivity index (χ3v) is 4.91. The Balaban J connectivity index is 1.81. The lowest BCUT2D eigenvalue weighted by Crippen LogP contribution is -2.46. The normalized spacial score (nSPS) is 18.9. The molecule has 1 unspecified atom stereocenters. The van der Waals surface area contributed by atoms with Crippen molar-refractivity contribution in [3.63, 3.8) is 0 Å². The van der Waals surface area contributed by atoms with Gasteiger partial charge in [0.2, 0.25) is 0 Å². The van der Waals surface area contributed by atoms with Gasteiger partial charge >= 0.3 is 0 Å². The van der Waals surface area contributed by atoms with Crippen molar-refractivity contribution in [2.75, 3.05) is 46.3 Å². The van der Waals surface area contributed by atoms with E-state index in [0.29, 0.717) is 16.1 Å². The summed E-state index contributed by atoms with van der Waals surface area (Å²) in [4.78, 5) is 4.91. The lowest BCUT2D eigenvalue weighted by molar-refractivity contribution is 0.153. The van der Waals surface area contributed by atoms with Crippen molar-refractivity contribution < 1.29 is 0 Å². The predicted molar refractivity (Wildman–Crippen MR) is 91.4 cm³/mol. The predicted octanol–water partition coefficient (Wildman–Crippen LogP) is 3.28. The van der Waals surface area contributed by atoms with Crippen LogP contribution in [0.2, 0.25) is 10.0 Å². The molecule has 0 spiro atoms. The van der Waals surface area contributed by atoms with Crippen molar-refractivity contribution >= 4 is 23.2 Å². The van der Waals surface area contributed by atoms with E-state index >= 15 is 0 Å². The second-order valence-corrected chi connectivity index (χ2v) is 6.55. The van der Waals surface area contributed by atoms with E-state index in [1.54, 1.807) is 0 Å². The molecule has 1 aromatic rings. The minimum Gasteiger partial charge on any atom is -0.309 e. The minimum atomic E-state index is 0.340. The van der Waals surface area contributed by atoms with E-state index in [0.717, 1.165) is 19.5 Å². The van der Waals surface area contributed by atoms with Gasteiger partial charge in [-0.25, -0.2) is 0 Å². The first-order valence-electron chi connectivity index (χ1n) is 7.69. The Bertz CT molecular complexity index is 445. The van der Waals surface area contributed by atoms with Crippen LogP contribution in [0.5, 0.6) is 0 Å². The van der Waals surface area contributed by atoms with Gasteiger partial charge in [0.05, 0.1) is 10.0 Å². The Kier molecular flexibility index (Phi) is 6.77. The summed E-state index contributed by atoms with van der Waals surface area (Å²) in [5.74, 6) is 0. The number of nitrogens with one attached hydrogen (secondary N) is 1. The monoisotopic (exact) mass is 329 g/mol. The van der Waals surface area contributed by atoms with E-state index in [9.17, 15) is 0 Å². The molecule has 1 aliphatic heterocycles. The van der Waals surface area contributed by atoms with E-state index in [1.165, 1.54) is 31.7 Å². The minimum absolute atomic E-state index is 0.340. The maximum atomic E-state index is 6.11. The molecule has 1 atom stereocenters. The molecule has 2 rings (SSSR count). The topological polar surface area (TPSA) is 18.5 Å². The Morgan fingerprint density at radius 3 is 2.48 bits per heavy atom. The Morgan fingerprint density at radius 2 is 1.86 bits per heavy atom. The molecule has 5 heteroatoms. The molecule has 0 amide bonds. The highest BCUT2D eigenvalue weighted by Crippen LogP contribution is 2.26. The molecule has 1 N–H and O–H groups in total. The Hall–Kier alpha value is -0.320. The number of hydrogen-bond donors (Lipinski definition) is 1. The first kappa shape index (κ1) is 17.0. The van der Waals surface area contributed by atoms with Crippen LogP contribution in [-0.2, 0) is 0 Å². The quantitative estimate of drug-likeness (QED) is 0.864. The summed E-state index contributed by atoms with van der Waals surface area (Å²) in [5.41, 5.74) is 1.21. The summed E-state index contributed by atoms with van der Waals surface area (Å²) in [6, 6.07) is 6.25. The van der Waals surface area contributed by atoms with Crippen molar-refractivity contribution in [3.05, 3.63) is 33.8 Å². The molecule has 118 valence electrons. The molecule has 21 heavy (non-hydrogen) atoms. The standard InChI is InChI=1S/C16H25Cl2N3/c1-3-16(13-4-5-14(17)15(18)12-13)19-6-7-21-10-8-20(2)9-11-21/h4-5,12,16,19H,3,6-11H2,1-2H3. The van der Waals surface area contributed by atoms with Gasteiger partial charge in [-0.15, -0.1) is 0 Å². The van der Waals surface area contributed by atoms with Gasteiger partial charge in [-0.1, -0.05) is 36.2 Å². The van der Waals surface area contributed by atoms with Crippen LogP contribution in [0.4, 0.5) is 0 Å². The van der Waals surface area contributed by atoms with Crippen molar-refractivity contribution in [1.82, 2.24) is 15.1 Å². The summed E-state index contributed by atoms with van der Waals surface area (Å²) >= 11 is 12.1. The van der Waals surface area contributed by atoms with Crippen molar-refractivity contribution in [1.29, 1.82) is 0 Å². The van der Waals surface area contributed by atoms with E-state index in [1.807, 2.05) is 12.1 Å². The average Bonchev–Trinajstić information content (AvgIpc) is 2.49. The smallest absolute Gasteiger partial charge is 0.0595 e. The van der Waals surface area contributed by atoms with Gasteiger partial charge in [-0.05, 0) is 31.2 Å². The zero-order valence-electron chi connectivity index (χ0n) is 12.9. The Labute approximate surface area is 138 Å². The number of piperazine rings is 1. The number of hydrogen-bond acceptors (Lipinski definition) is 3. The molecule has 0 bridgehead atoms. The Morgan fingerprint density at radius 1 is 1.14 bits per heavy atom. The van der Waals surface area contributed by atoms with Gasteiger partial charge in [0.15, 0.2) is 0 Å². The molecule has 1 heterocycles. The summed E-state index contributed by atoms with van der Waals surface area (Å²) in [7, 11) is 2.19. The van der Waals surface area contributed by atoms with Crippen LogP contribution in [-0.4, -0.2) is 56.1 Å². The fourth-order valence-corrected chi connectivity index (χ4v) is 3.00. The number of halogens is 2. The van der Waals surface area contributed by atoms with Crippen molar-refractivity contribution in [2.45, 2.75) is 19.4 Å². The zero-order valence-corrected chi connectivity index (χ0v) is 14.4. The SMILES string of the molecule is CCC(NCCN1CCN(C)CC1)c1ccc(Cl)c(Cl)c1. The number of benzene rings is 1. The van der Waals surface area contributed by atoms with Crippen molar-refractivity contribution in [2.24, 2.45) is 0 Å². The van der Waals surface area contributed by atoms with E-state index in [2.05, 4.69) is 35.2 Å². The fourth-order valence-electron chi connectivity index (χ4n) is 2.70. The largest absolute Gasteiger partial charge is 0.309 e. The van der Waals surface area contributed by atoms with Gasteiger partial charge in [0.1, 0.15) is 0 Å². The molecular weight excluding hydrogens is 305 g/mol. The molecule has 1 fully saturated rings. The van der Waals surface area contributed by atoms with Gasteiger partial charge in [-0.3, -0.25) is 4.90 Å². The maximum absolute atomic E-state index is 6.11. The second-order valence-electron chi connectivity index (χ2n) is 5.73. The summed E-state index contributed by atoms with van der Waals surface area (Å²) in [6.45, 7) is 8.97. The van der Waals surface area contributed by atoms with Crippen LogP contribution in [0, 0.1) is 0 Å². The average molecular weight is 330 g/mol.